The lowest BCUT2D eigenvalue weighted by atomic mass is 9.73. The lowest BCUT2D eigenvalue weighted by molar-refractivity contribution is -0.606. The summed E-state index contributed by atoms with van der Waals surface area (Å²) in [5, 5.41) is 20.4. The van der Waals surface area contributed by atoms with Crippen molar-refractivity contribution in [3.05, 3.63) is 29.5 Å². The Morgan fingerprint density at radius 1 is 1.40 bits per heavy atom. The van der Waals surface area contributed by atoms with Crippen LogP contribution in [0.25, 0.3) is 0 Å². The highest BCUT2D eigenvalue weighted by Gasteiger charge is 2.36. The molecule has 0 aromatic carbocycles. The molecule has 2 rings (SSSR count). The van der Waals surface area contributed by atoms with Gasteiger partial charge in [-0.15, -0.1) is 0 Å². The Bertz CT molecular complexity index is 391. The van der Waals surface area contributed by atoms with Crippen molar-refractivity contribution in [3.8, 4) is 6.07 Å². The molecular weight excluding hydrogens is 190 g/mol. The van der Waals surface area contributed by atoms with Gasteiger partial charge in [-0.2, -0.15) is 9.99 Å². The Kier molecular flexibility index (Phi) is 2.55. The molecule has 4 nitrogen and oxygen atoms in total. The number of rotatable bonds is 1. The summed E-state index contributed by atoms with van der Waals surface area (Å²) in [4.78, 5) is 4.16. The zero-order chi connectivity index (χ0) is 10.7. The van der Waals surface area contributed by atoms with Crippen molar-refractivity contribution in [3.63, 3.8) is 0 Å². The predicted molar refractivity (Wildman–Crippen MR) is 53.6 cm³/mol. The second-order valence-electron chi connectivity index (χ2n) is 4.06. The quantitative estimate of drug-likeness (QED) is 0.512. The van der Waals surface area contributed by atoms with Crippen LogP contribution in [-0.4, -0.2) is 4.98 Å². The first kappa shape index (κ1) is 9.91. The molecule has 0 spiro atoms. The third kappa shape index (κ3) is 1.78. The zero-order valence-electron chi connectivity index (χ0n) is 8.52. The minimum Gasteiger partial charge on any atom is -0.619 e. The number of hydrogen-bond donors (Lipinski definition) is 0. The van der Waals surface area contributed by atoms with E-state index in [1.807, 2.05) is 0 Å². The third-order valence-corrected chi connectivity index (χ3v) is 3.09. The van der Waals surface area contributed by atoms with E-state index in [4.69, 9.17) is 0 Å². The highest BCUT2D eigenvalue weighted by molar-refractivity contribution is 5.23. The summed E-state index contributed by atoms with van der Waals surface area (Å²) in [6, 6.07) is 2.35. The van der Waals surface area contributed by atoms with Crippen LogP contribution in [0.5, 0.6) is 0 Å². The average Bonchev–Trinajstić information content (AvgIpc) is 2.30. The molecule has 0 unspecified atom stereocenters. The first-order chi connectivity index (χ1) is 7.27. The van der Waals surface area contributed by atoms with Gasteiger partial charge in [0.15, 0.2) is 6.20 Å². The summed E-state index contributed by atoms with van der Waals surface area (Å²) in [5.41, 5.74) is 0.105. The first-order valence-electron chi connectivity index (χ1n) is 5.23. The molecule has 0 saturated heterocycles. The Morgan fingerprint density at radius 3 is 2.73 bits per heavy atom. The molecule has 0 radical (unpaired) electrons. The molecule has 0 atom stereocenters. The summed E-state index contributed by atoms with van der Waals surface area (Å²) < 4.78 is 0.718. The van der Waals surface area contributed by atoms with Crippen molar-refractivity contribution in [1.29, 1.82) is 5.26 Å². The predicted octanol–water partition coefficient (Wildman–Crippen LogP) is 1.44. The van der Waals surface area contributed by atoms with Crippen LogP contribution in [0, 0.1) is 16.5 Å². The van der Waals surface area contributed by atoms with Gasteiger partial charge >= 0.3 is 0 Å². The van der Waals surface area contributed by atoms with E-state index in [9.17, 15) is 10.5 Å². The number of nitrogens with zero attached hydrogens (tertiary/aromatic N) is 3. The summed E-state index contributed by atoms with van der Waals surface area (Å²) in [6.45, 7) is 0. The normalized spacial score (nSPS) is 19.4. The van der Waals surface area contributed by atoms with Gasteiger partial charge in [-0.1, -0.05) is 19.3 Å². The van der Waals surface area contributed by atoms with Gasteiger partial charge in [-0.3, -0.25) is 0 Å². The molecular formula is C11H13N3O. The minimum atomic E-state index is -0.522. The smallest absolute Gasteiger partial charge is 0.203 e. The van der Waals surface area contributed by atoms with Gasteiger partial charge in [0.25, 0.3) is 0 Å². The van der Waals surface area contributed by atoms with E-state index in [1.54, 1.807) is 0 Å². The number of hydrogen-bond acceptors (Lipinski definition) is 3. The zero-order valence-corrected chi connectivity index (χ0v) is 8.52. The molecule has 1 saturated carbocycles. The van der Waals surface area contributed by atoms with Crippen LogP contribution in [0.15, 0.2) is 18.6 Å². The second kappa shape index (κ2) is 3.85. The van der Waals surface area contributed by atoms with Crippen LogP contribution in [0.3, 0.4) is 0 Å². The molecule has 0 amide bonds. The van der Waals surface area contributed by atoms with Crippen molar-refractivity contribution >= 4 is 0 Å². The SMILES string of the molecule is N#CC1(c2c[n+]([O-])ccn2)CCCCC1. The van der Waals surface area contributed by atoms with E-state index in [-0.39, 0.29) is 0 Å². The number of aromatic nitrogens is 2. The Balaban J connectivity index is 2.37. The van der Waals surface area contributed by atoms with Crippen LogP contribution in [0.4, 0.5) is 0 Å². The summed E-state index contributed by atoms with van der Waals surface area (Å²) in [7, 11) is 0. The average molecular weight is 203 g/mol. The van der Waals surface area contributed by atoms with Crippen LogP contribution < -0.4 is 4.73 Å². The largest absolute Gasteiger partial charge is 0.619 e. The second-order valence-corrected chi connectivity index (χ2v) is 4.06. The van der Waals surface area contributed by atoms with Gasteiger partial charge in [-0.05, 0) is 12.8 Å². The van der Waals surface area contributed by atoms with Crippen LogP contribution in [0.1, 0.15) is 37.8 Å². The lowest BCUT2D eigenvalue weighted by Crippen LogP contribution is -2.34. The Morgan fingerprint density at radius 2 is 2.13 bits per heavy atom. The van der Waals surface area contributed by atoms with E-state index < -0.39 is 5.41 Å². The maximum absolute atomic E-state index is 11.2. The fourth-order valence-corrected chi connectivity index (χ4v) is 2.20. The Labute approximate surface area is 88.8 Å². The summed E-state index contributed by atoms with van der Waals surface area (Å²) in [5.74, 6) is 0. The molecule has 1 fully saturated rings. The van der Waals surface area contributed by atoms with Crippen LogP contribution >= 0.6 is 0 Å². The van der Waals surface area contributed by atoms with Crippen molar-refractivity contribution in [2.45, 2.75) is 37.5 Å². The van der Waals surface area contributed by atoms with Gasteiger partial charge in [0.05, 0.1) is 12.3 Å². The highest BCUT2D eigenvalue weighted by Crippen LogP contribution is 2.37. The van der Waals surface area contributed by atoms with Crippen molar-refractivity contribution in [1.82, 2.24) is 4.98 Å². The standard InChI is InChI=1S/C11H13N3O/c12-9-11(4-2-1-3-5-11)10-8-14(15)7-6-13-10/h6-8H,1-5H2. The molecule has 1 aromatic rings. The fourth-order valence-electron chi connectivity index (χ4n) is 2.20. The maximum Gasteiger partial charge on any atom is 0.203 e. The molecule has 15 heavy (non-hydrogen) atoms. The van der Waals surface area contributed by atoms with Crippen LogP contribution in [-0.2, 0) is 5.41 Å². The highest BCUT2D eigenvalue weighted by atomic mass is 16.5. The first-order valence-corrected chi connectivity index (χ1v) is 5.23. The van der Waals surface area contributed by atoms with Crippen LogP contribution in [0.2, 0.25) is 0 Å². The van der Waals surface area contributed by atoms with Gasteiger partial charge in [0.2, 0.25) is 6.20 Å². The molecule has 4 heteroatoms. The Hall–Kier alpha value is -1.63. The van der Waals surface area contributed by atoms with Crippen molar-refractivity contribution in [2.75, 3.05) is 0 Å². The molecule has 1 aliphatic rings. The van der Waals surface area contributed by atoms with E-state index >= 15 is 0 Å². The summed E-state index contributed by atoms with van der Waals surface area (Å²) in [6.07, 6.45) is 9.14. The van der Waals surface area contributed by atoms with Crippen molar-refractivity contribution < 1.29 is 4.73 Å². The van der Waals surface area contributed by atoms with Gasteiger partial charge in [0.1, 0.15) is 11.1 Å². The lowest BCUT2D eigenvalue weighted by Gasteiger charge is -2.28. The van der Waals surface area contributed by atoms with Gasteiger partial charge < -0.3 is 5.21 Å². The molecule has 78 valence electrons. The van der Waals surface area contributed by atoms with Gasteiger partial charge in [0, 0.05) is 0 Å². The number of nitriles is 1. The van der Waals surface area contributed by atoms with Gasteiger partial charge in [-0.25, -0.2) is 4.98 Å². The van der Waals surface area contributed by atoms with E-state index in [2.05, 4.69) is 11.1 Å². The molecule has 1 aliphatic carbocycles. The molecule has 0 aliphatic heterocycles. The fraction of sp³-hybridized carbons (Fsp3) is 0.545. The summed E-state index contributed by atoms with van der Waals surface area (Å²) >= 11 is 0. The molecule has 0 bridgehead atoms. The molecule has 0 N–H and O–H groups in total. The third-order valence-electron chi connectivity index (χ3n) is 3.09. The minimum absolute atomic E-state index is 0.522. The van der Waals surface area contributed by atoms with Crippen molar-refractivity contribution in [2.24, 2.45) is 0 Å². The molecule has 1 aromatic heterocycles. The van der Waals surface area contributed by atoms with E-state index in [0.29, 0.717) is 5.69 Å². The monoisotopic (exact) mass is 203 g/mol. The maximum atomic E-state index is 11.2. The van der Waals surface area contributed by atoms with E-state index in [1.165, 1.54) is 25.0 Å². The van der Waals surface area contributed by atoms with E-state index in [0.717, 1.165) is 30.4 Å². The molecule has 1 heterocycles. The topological polar surface area (TPSA) is 63.6 Å².